The molecule has 2 rings (SSSR count). The van der Waals surface area contributed by atoms with E-state index in [1.165, 1.54) is 6.92 Å². The molecule has 2 fully saturated rings. The third-order valence-electron chi connectivity index (χ3n) is 8.85. The van der Waals surface area contributed by atoms with Crippen LogP contribution in [-0.4, -0.2) is 228 Å². The second-order valence-corrected chi connectivity index (χ2v) is 13.8. The van der Waals surface area contributed by atoms with Crippen molar-refractivity contribution < 1.29 is 97.2 Å². The largest absolute Gasteiger partial charge is 0.394 e. The van der Waals surface area contributed by atoms with Gasteiger partial charge < -0.3 is 94.0 Å². The zero-order chi connectivity index (χ0) is 44.0. The molecule has 2 heterocycles. The molecule has 9 unspecified atom stereocenters. The zero-order valence-electron chi connectivity index (χ0n) is 34.4. The number of carbonyl (C=O) groups is 4. The smallest absolute Gasteiger partial charge is 0.246 e. The molecule has 0 saturated carbocycles. The predicted molar refractivity (Wildman–Crippen MR) is 204 cm³/mol. The summed E-state index contributed by atoms with van der Waals surface area (Å²) in [7, 11) is 0. The summed E-state index contributed by atoms with van der Waals surface area (Å²) < 4.78 is 54.0. The van der Waals surface area contributed by atoms with Gasteiger partial charge in [-0.1, -0.05) is 0 Å². The summed E-state index contributed by atoms with van der Waals surface area (Å²) in [5, 5.41) is 65.4. The molecular formula is C37H67N3O20. The second-order valence-electron chi connectivity index (χ2n) is 13.8. The highest BCUT2D eigenvalue weighted by atomic mass is 16.7. The average Bonchev–Trinajstić information content (AvgIpc) is 3.22. The molecule has 0 aromatic carbocycles. The first kappa shape index (κ1) is 53.6. The summed E-state index contributed by atoms with van der Waals surface area (Å²) in [5.41, 5.74) is 0. The number of aliphatic hydroxyl groups excluding tert-OH is 6. The highest BCUT2D eigenvalue weighted by Gasteiger charge is 2.37. The Morgan fingerprint density at radius 2 is 1.03 bits per heavy atom. The van der Waals surface area contributed by atoms with Gasteiger partial charge in [-0.15, -0.1) is 0 Å². The number of hydrogen-bond acceptors (Lipinski definition) is 20. The fourth-order valence-electron chi connectivity index (χ4n) is 5.63. The molecule has 2 saturated heterocycles. The van der Waals surface area contributed by atoms with Gasteiger partial charge in [0.1, 0.15) is 49.5 Å². The molecule has 23 nitrogen and oxygen atoms in total. The maximum atomic E-state index is 12.7. The van der Waals surface area contributed by atoms with Crippen molar-refractivity contribution in [1.82, 2.24) is 16.0 Å². The van der Waals surface area contributed by atoms with Crippen LogP contribution < -0.4 is 16.0 Å². The number of amides is 3. The Balaban J connectivity index is 1.45. The van der Waals surface area contributed by atoms with Crippen LogP contribution in [0.5, 0.6) is 0 Å². The third-order valence-corrected chi connectivity index (χ3v) is 8.85. The molecule has 0 radical (unpaired) electrons. The van der Waals surface area contributed by atoms with Crippen LogP contribution >= 0.6 is 0 Å². The van der Waals surface area contributed by atoms with Gasteiger partial charge in [0.25, 0.3) is 0 Å². The Morgan fingerprint density at radius 3 is 1.48 bits per heavy atom. The Kier molecular flexibility index (Phi) is 29.5. The Labute approximate surface area is 349 Å². The van der Waals surface area contributed by atoms with Gasteiger partial charge in [-0.3, -0.25) is 19.2 Å². The van der Waals surface area contributed by atoms with Crippen LogP contribution in [0.4, 0.5) is 0 Å². The van der Waals surface area contributed by atoms with Gasteiger partial charge in [0.2, 0.25) is 17.7 Å². The molecule has 0 bridgehead atoms. The van der Waals surface area contributed by atoms with E-state index in [2.05, 4.69) is 16.0 Å². The second kappa shape index (κ2) is 33.1. The standard InChI is InChI=1S/C37H67N3O20/c1-25(43)20-39-37(50)26(40-32(47)24-56-13-11-52-7-9-54-15-17-58-34-19-28(45)36(49)30(22-42)60-34)4-2-3-5-38-31(46)23-55-12-10-51-6-8-53-14-16-57-33-18-27(44)35(48)29(21-41)59-33/h26-30,33-36,41-42,44-45,48-49H,2-24H2,1H3,(H,38,46)(H,39,50)(H,40,47). The van der Waals surface area contributed by atoms with Crippen molar-refractivity contribution in [3.63, 3.8) is 0 Å². The lowest BCUT2D eigenvalue weighted by Crippen LogP contribution is -2.50. The van der Waals surface area contributed by atoms with E-state index in [0.29, 0.717) is 19.4 Å². The number of Topliss-reactive ketones (excluding diaryl/α,β-unsaturated/α-hetero) is 1. The van der Waals surface area contributed by atoms with Crippen LogP contribution in [0.3, 0.4) is 0 Å². The van der Waals surface area contributed by atoms with E-state index in [0.717, 1.165) is 0 Å². The molecule has 2 aliphatic rings. The van der Waals surface area contributed by atoms with E-state index in [-0.39, 0.29) is 130 Å². The normalized spacial score (nSPS) is 24.8. The fourth-order valence-corrected chi connectivity index (χ4v) is 5.63. The number of rotatable bonds is 35. The van der Waals surface area contributed by atoms with Crippen LogP contribution in [0, 0.1) is 0 Å². The number of ether oxygens (including phenoxy) is 10. The molecule has 9 N–H and O–H groups in total. The monoisotopic (exact) mass is 873 g/mol. The van der Waals surface area contributed by atoms with Crippen LogP contribution in [0.1, 0.15) is 39.0 Å². The van der Waals surface area contributed by atoms with Crippen molar-refractivity contribution in [1.29, 1.82) is 0 Å². The van der Waals surface area contributed by atoms with Gasteiger partial charge in [0.05, 0.1) is 111 Å². The van der Waals surface area contributed by atoms with Gasteiger partial charge in [0.15, 0.2) is 12.6 Å². The molecule has 60 heavy (non-hydrogen) atoms. The molecule has 0 aliphatic carbocycles. The lowest BCUT2D eigenvalue weighted by atomic mass is 10.0. The molecule has 350 valence electrons. The van der Waals surface area contributed by atoms with Crippen molar-refractivity contribution in [2.24, 2.45) is 0 Å². The van der Waals surface area contributed by atoms with E-state index in [1.54, 1.807) is 0 Å². The van der Waals surface area contributed by atoms with Gasteiger partial charge in [-0.05, 0) is 26.2 Å². The Morgan fingerprint density at radius 1 is 0.600 bits per heavy atom. The third kappa shape index (κ3) is 24.2. The first-order valence-corrected chi connectivity index (χ1v) is 20.2. The number of ketones is 1. The number of nitrogens with one attached hydrogen (secondary N) is 3. The van der Waals surface area contributed by atoms with Gasteiger partial charge >= 0.3 is 0 Å². The fraction of sp³-hybridized carbons (Fsp3) is 0.892. The average molecular weight is 874 g/mol. The van der Waals surface area contributed by atoms with Crippen molar-refractivity contribution >= 4 is 23.5 Å². The topological polar surface area (TPSA) is 318 Å². The van der Waals surface area contributed by atoms with Crippen molar-refractivity contribution in [2.75, 3.05) is 119 Å². The summed E-state index contributed by atoms with van der Waals surface area (Å²) in [5.74, 6) is -1.63. The highest BCUT2D eigenvalue weighted by molar-refractivity contribution is 5.90. The molecule has 23 heteroatoms. The zero-order valence-corrected chi connectivity index (χ0v) is 34.4. The van der Waals surface area contributed by atoms with Crippen molar-refractivity contribution in [2.45, 2.75) is 94.3 Å². The molecule has 0 spiro atoms. The predicted octanol–water partition coefficient (Wildman–Crippen LogP) is -4.75. The first-order valence-electron chi connectivity index (χ1n) is 20.2. The number of aliphatic hydroxyl groups is 6. The lowest BCUT2D eigenvalue weighted by Gasteiger charge is -2.35. The van der Waals surface area contributed by atoms with E-state index < -0.39 is 80.3 Å². The first-order chi connectivity index (χ1) is 28.9. The molecular weight excluding hydrogens is 806 g/mol. The summed E-state index contributed by atoms with van der Waals surface area (Å²) in [6.07, 6.45) is -6.43. The molecule has 0 aromatic rings. The summed E-state index contributed by atoms with van der Waals surface area (Å²) >= 11 is 0. The molecule has 9 atom stereocenters. The van der Waals surface area contributed by atoms with Crippen molar-refractivity contribution in [3.8, 4) is 0 Å². The van der Waals surface area contributed by atoms with Crippen LogP contribution in [-0.2, 0) is 66.5 Å². The Hall–Kier alpha value is -2.56. The molecule has 0 aromatic heterocycles. The molecule has 3 amide bonds. The number of unbranched alkanes of at least 4 members (excludes halogenated alkanes) is 1. The minimum Gasteiger partial charge on any atom is -0.394 e. The minimum absolute atomic E-state index is 0.0698. The number of hydrogen-bond donors (Lipinski definition) is 9. The summed E-state index contributed by atoms with van der Waals surface area (Å²) in [6.45, 7) is 2.67. The van der Waals surface area contributed by atoms with Gasteiger partial charge in [-0.25, -0.2) is 0 Å². The maximum absolute atomic E-state index is 12.7. The summed E-state index contributed by atoms with van der Waals surface area (Å²) in [4.78, 5) is 48.6. The van der Waals surface area contributed by atoms with Gasteiger partial charge in [-0.2, -0.15) is 0 Å². The van der Waals surface area contributed by atoms with Crippen LogP contribution in [0.2, 0.25) is 0 Å². The quantitative estimate of drug-likeness (QED) is 0.0270. The van der Waals surface area contributed by atoms with Gasteiger partial charge in [0, 0.05) is 19.4 Å². The van der Waals surface area contributed by atoms with Crippen LogP contribution in [0.25, 0.3) is 0 Å². The minimum atomic E-state index is -1.18. The van der Waals surface area contributed by atoms with E-state index in [9.17, 15) is 49.8 Å². The van der Waals surface area contributed by atoms with E-state index >= 15 is 0 Å². The lowest BCUT2D eigenvalue weighted by molar-refractivity contribution is -0.259. The maximum Gasteiger partial charge on any atom is 0.246 e. The van der Waals surface area contributed by atoms with Crippen molar-refractivity contribution in [3.05, 3.63) is 0 Å². The SMILES string of the molecule is CC(=O)CNC(=O)C(CCCCNC(=O)COCCOCCOCCOC1CC(O)C(O)C(CO)O1)NC(=O)COCCOCCOCCOC1CC(O)C(O)C(CO)O1. The summed E-state index contributed by atoms with van der Waals surface area (Å²) in [6, 6.07) is -0.921. The van der Waals surface area contributed by atoms with E-state index in [4.69, 9.17) is 47.4 Å². The highest BCUT2D eigenvalue weighted by Crippen LogP contribution is 2.22. The van der Waals surface area contributed by atoms with Crippen LogP contribution in [0.15, 0.2) is 0 Å². The number of carbonyl (C=O) groups excluding carboxylic acids is 4. The Bertz CT molecular complexity index is 1180. The molecule has 2 aliphatic heterocycles. The van der Waals surface area contributed by atoms with E-state index in [1.807, 2.05) is 0 Å².